The van der Waals surface area contributed by atoms with Crippen molar-refractivity contribution in [3.8, 4) is 0 Å². The van der Waals surface area contributed by atoms with Crippen LogP contribution in [0, 0.1) is 181 Å². The fourth-order valence-electron chi connectivity index (χ4n) is 14.1. The van der Waals surface area contributed by atoms with Crippen LogP contribution < -0.4 is 0 Å². The van der Waals surface area contributed by atoms with E-state index in [1.807, 2.05) is 158 Å². The highest BCUT2D eigenvalue weighted by Crippen LogP contribution is 2.56. The van der Waals surface area contributed by atoms with Crippen LogP contribution in [0.3, 0.4) is 0 Å². The van der Waals surface area contributed by atoms with E-state index in [0.717, 1.165) is 143 Å². The Bertz CT molecular complexity index is 3530. The number of aromatic nitrogens is 8. The smallest absolute Gasteiger partial charge is 0.154 e. The molecule has 16 heteroatoms. The van der Waals surface area contributed by atoms with Gasteiger partial charge in [-0.25, -0.2) is 28.7 Å². The van der Waals surface area contributed by atoms with Crippen LogP contribution in [0.1, 0.15) is 329 Å². The molecule has 0 radical (unpaired) electrons. The van der Waals surface area contributed by atoms with E-state index in [4.69, 9.17) is 28.4 Å². The number of benzene rings is 3. The van der Waals surface area contributed by atoms with Crippen molar-refractivity contribution in [1.82, 2.24) is 39.9 Å². The van der Waals surface area contributed by atoms with Crippen molar-refractivity contribution in [3.05, 3.63) is 259 Å². The van der Waals surface area contributed by atoms with Gasteiger partial charge in [-0.15, -0.1) is 0 Å². The molecule has 738 valence electrons. The molecule has 8 fully saturated rings. The van der Waals surface area contributed by atoms with Crippen molar-refractivity contribution in [2.45, 2.75) is 375 Å². The Labute approximate surface area is 804 Å². The van der Waals surface area contributed by atoms with Gasteiger partial charge < -0.3 is 28.4 Å². The van der Waals surface area contributed by atoms with Crippen LogP contribution in [0.5, 0.6) is 0 Å². The summed E-state index contributed by atoms with van der Waals surface area (Å²) in [6.45, 7) is 72.0. The number of halogens is 2. The molecule has 4 unspecified atom stereocenters. The highest BCUT2D eigenvalue weighted by atomic mass is 19.1. The van der Waals surface area contributed by atoms with Gasteiger partial charge in [0, 0.05) is 86.0 Å². The van der Waals surface area contributed by atoms with E-state index < -0.39 is 0 Å². The molecule has 14 nitrogen and oxygen atoms in total. The lowest BCUT2D eigenvalue weighted by Gasteiger charge is -2.50. The average molecular weight is 1820 g/mol. The Hall–Kier alpha value is -7.70. The molecule has 8 aromatic rings. The van der Waals surface area contributed by atoms with Crippen LogP contribution in [0.15, 0.2) is 158 Å². The van der Waals surface area contributed by atoms with Gasteiger partial charge in [0.15, 0.2) is 12.6 Å². The van der Waals surface area contributed by atoms with E-state index in [-0.39, 0.29) is 24.2 Å². The van der Waals surface area contributed by atoms with Crippen LogP contribution in [0.4, 0.5) is 8.78 Å². The fraction of sp³-hybridized carbons (Fsp3) is 0.621. The third-order valence-corrected chi connectivity index (χ3v) is 24.7. The monoisotopic (exact) mass is 1820 g/mol. The molecule has 132 heavy (non-hydrogen) atoms. The average Bonchev–Trinajstić information content (AvgIpc) is 0.783. The lowest BCUT2D eigenvalue weighted by molar-refractivity contribution is -0.187. The Morgan fingerprint density at radius 2 is 0.523 bits per heavy atom. The van der Waals surface area contributed by atoms with Crippen molar-refractivity contribution in [2.75, 3.05) is 39.6 Å². The maximum atomic E-state index is 12.6. The zero-order valence-corrected chi connectivity index (χ0v) is 89.0. The Balaban J connectivity index is 0.000000477. The van der Waals surface area contributed by atoms with Crippen LogP contribution in [0.2, 0.25) is 0 Å². The molecule has 0 amide bonds. The van der Waals surface area contributed by atoms with E-state index in [0.29, 0.717) is 35.2 Å². The summed E-state index contributed by atoms with van der Waals surface area (Å²) in [6, 6.07) is 27.1. The molecule has 6 aliphatic carbocycles. The second-order valence-corrected chi connectivity index (χ2v) is 40.7. The van der Waals surface area contributed by atoms with Crippen molar-refractivity contribution >= 4 is 0 Å². The van der Waals surface area contributed by atoms with Gasteiger partial charge >= 0.3 is 0 Å². The van der Waals surface area contributed by atoms with Gasteiger partial charge in [0.25, 0.3) is 0 Å². The fourth-order valence-corrected chi connectivity index (χ4v) is 14.1. The largest absolute Gasteiger partial charge is 0.378 e. The SMILES string of the molecule is CC12CCC(C)(CC1)CC2.CC1=CCC(C)CC1.CC1=CCC(C)CC1.CC1CCC(C)CC1.CC1CC[C@@H](C)OC1.CC1CC[C@H](C)OC1.CC1COC(C)OC1.CC1COC(C)OC1.Cc1ccc(C)c(F)c1.Cc1ccc(C)c(F)c1.Cc1ccc(C)cc1.Cc1ccc(C)nc1.Cc1ccc(C)nc1.Cc1cnc(C)cn1.Cc1cnc(C)nc1.Cc1cnc(C)nc1. The summed E-state index contributed by atoms with van der Waals surface area (Å²) in [4.78, 5) is 32.1. The topological polar surface area (TPSA) is 158 Å². The maximum absolute atomic E-state index is 12.6. The number of rotatable bonds is 0. The van der Waals surface area contributed by atoms with Crippen molar-refractivity contribution in [3.63, 3.8) is 0 Å². The first-order chi connectivity index (χ1) is 62.3. The molecule has 5 aromatic heterocycles. The second kappa shape index (κ2) is 68.3. The first-order valence-electron chi connectivity index (χ1n) is 49.8. The van der Waals surface area contributed by atoms with Gasteiger partial charge in [-0.1, -0.05) is 190 Å². The first-order valence-corrected chi connectivity index (χ1v) is 49.8. The zero-order chi connectivity index (χ0) is 98.7. The highest BCUT2D eigenvalue weighted by molar-refractivity contribution is 5.23. The summed E-state index contributed by atoms with van der Waals surface area (Å²) in [6.07, 6.45) is 48.5. The number of ether oxygens (including phenoxy) is 6. The molecule has 18 rings (SSSR count). The predicted molar refractivity (Wildman–Crippen MR) is 553 cm³/mol. The van der Waals surface area contributed by atoms with Gasteiger partial charge in [0.05, 0.1) is 50.0 Å². The number of allylic oxidation sites excluding steroid dienone is 4. The molecule has 4 aliphatic heterocycles. The third kappa shape index (κ3) is 62.8. The molecule has 2 bridgehead atoms. The molecule has 3 aromatic carbocycles. The first kappa shape index (κ1) is 120. The van der Waals surface area contributed by atoms with E-state index in [2.05, 4.69) is 199 Å². The number of nitrogens with zero attached hydrogens (tertiary/aromatic N) is 8. The van der Waals surface area contributed by atoms with E-state index in [9.17, 15) is 8.78 Å². The van der Waals surface area contributed by atoms with Crippen LogP contribution in [0.25, 0.3) is 0 Å². The number of hydrogen-bond donors (Lipinski definition) is 0. The molecule has 0 spiro atoms. The summed E-state index contributed by atoms with van der Waals surface area (Å²) in [5.74, 6) is 8.10. The molecule has 9 heterocycles. The van der Waals surface area contributed by atoms with E-state index >= 15 is 0 Å². The van der Waals surface area contributed by atoms with Gasteiger partial charge in [-0.05, 0) is 370 Å². The molecule has 0 N–H and O–H groups in total. The van der Waals surface area contributed by atoms with Crippen molar-refractivity contribution in [1.29, 1.82) is 0 Å². The summed E-state index contributed by atoms with van der Waals surface area (Å²) in [5, 5.41) is 0. The lowest BCUT2D eigenvalue weighted by atomic mass is 9.55. The molecular formula is C116H184F2N8O6. The maximum Gasteiger partial charge on any atom is 0.154 e. The molecule has 6 atom stereocenters. The Morgan fingerprint density at radius 1 is 0.258 bits per heavy atom. The number of pyridine rings is 2. The number of aryl methyl sites for hydroxylation is 16. The van der Waals surface area contributed by atoms with Gasteiger partial charge in [-0.3, -0.25) is 19.9 Å². The summed E-state index contributed by atoms with van der Waals surface area (Å²) in [5.41, 5.74) is 19.5. The van der Waals surface area contributed by atoms with Crippen LogP contribution in [-0.2, 0) is 28.4 Å². The minimum absolute atomic E-state index is 0.0196. The predicted octanol–water partition coefficient (Wildman–Crippen LogP) is 31.2. The minimum Gasteiger partial charge on any atom is -0.378 e. The van der Waals surface area contributed by atoms with Gasteiger partial charge in [0.1, 0.15) is 23.3 Å². The highest BCUT2D eigenvalue weighted by Gasteiger charge is 2.43. The molecule has 4 saturated carbocycles. The quantitative estimate of drug-likeness (QED) is 0.132. The van der Waals surface area contributed by atoms with Crippen molar-refractivity contribution in [2.24, 2.45) is 58.2 Å². The van der Waals surface area contributed by atoms with Gasteiger partial charge in [-0.2, -0.15) is 0 Å². The Kier molecular flexibility index (Phi) is 62.3. The van der Waals surface area contributed by atoms with Gasteiger partial charge in [0.2, 0.25) is 0 Å². The summed E-state index contributed by atoms with van der Waals surface area (Å²) >= 11 is 0. The molecular weight excluding hydrogens is 1640 g/mol. The van der Waals surface area contributed by atoms with Crippen LogP contribution in [-0.4, -0.2) is 104 Å². The van der Waals surface area contributed by atoms with E-state index in [1.54, 1.807) is 49.5 Å². The molecule has 10 aliphatic rings. The molecule has 4 saturated heterocycles. The van der Waals surface area contributed by atoms with Crippen LogP contribution >= 0.6 is 0 Å². The zero-order valence-electron chi connectivity index (χ0n) is 89.0. The minimum atomic E-state index is -0.116. The summed E-state index contributed by atoms with van der Waals surface area (Å²) in [7, 11) is 0. The van der Waals surface area contributed by atoms with Crippen molar-refractivity contribution < 1.29 is 37.2 Å². The van der Waals surface area contributed by atoms with E-state index in [1.165, 1.54) is 163 Å². The standard InChI is InChI=1S/C10H18.2C8H9F.C8H16.2C8H14.C8H10.2C7H9N.2C7H14O.3C6H8N2.2C6H12O2/c1-9-3-6-10(2,7-4-9)8-5-9;2*1-6-3-4-7(2)8(9)5-6;4*1-7-3-5-8(2)6-4-7;4*1-6-3-4-7(2)8-5-6;1-5-3-8-6(2)4-7-5;4*1-5-3-7-6(2)8-4-5/h3-8H2,1-2H3;2*3-5H,1-2H3;7-8H,3-6H2,1-2H3;2*3,8H,4-6H2,1-2H3;3-6H,1-2H3;2*3-5H,1-2H3;2*6-7H,3-5H2,1-2H3;3*3-4H,1-2H3;2*5-6H,3-4H2,1-2H3/t;;;;;;;;;2*6?,7-;;;;;/m.........10...../s1. The number of hydrogen-bond acceptors (Lipinski definition) is 14. The Morgan fingerprint density at radius 3 is 0.727 bits per heavy atom. The second-order valence-electron chi connectivity index (χ2n) is 40.7. The summed E-state index contributed by atoms with van der Waals surface area (Å²) < 4.78 is 56.6. The normalized spacial score (nSPS) is 24.4. The lowest BCUT2D eigenvalue weighted by Crippen LogP contribution is -2.37. The third-order valence-electron chi connectivity index (χ3n) is 24.7. The number of fused-ring (bicyclic) bond motifs is 3.